The Morgan fingerprint density at radius 3 is 2.00 bits per heavy atom. The van der Waals surface area contributed by atoms with Gasteiger partial charge in [-0.05, 0) is 57.8 Å². The van der Waals surface area contributed by atoms with Gasteiger partial charge in [0.2, 0.25) is 10.0 Å². The van der Waals surface area contributed by atoms with E-state index in [9.17, 15) is 21.6 Å². The molecule has 0 aliphatic carbocycles. The molecule has 0 heterocycles. The number of alkyl halides is 3. The average Bonchev–Trinajstić information content (AvgIpc) is 2.21. The maximum Gasteiger partial charge on any atom is 0.402 e. The molecule has 0 fully saturated rings. The summed E-state index contributed by atoms with van der Waals surface area (Å²) < 4.78 is 63.5. The molecule has 0 aromatic heterocycles. The van der Waals surface area contributed by atoms with Gasteiger partial charge in [-0.3, -0.25) is 0 Å². The summed E-state index contributed by atoms with van der Waals surface area (Å²) in [4.78, 5) is -0.283. The zero-order valence-electron chi connectivity index (χ0n) is 11.1. The molecule has 0 unspecified atom stereocenters. The topological polar surface area (TPSA) is 63.4 Å². The molecule has 0 radical (unpaired) electrons. The molecule has 0 bridgehead atoms. The molecule has 10 heteroatoms. The van der Waals surface area contributed by atoms with Crippen LogP contribution in [0.1, 0.15) is 13.8 Å². The van der Waals surface area contributed by atoms with Crippen LogP contribution in [-0.4, -0.2) is 31.5 Å². The van der Waals surface area contributed by atoms with Crippen molar-refractivity contribution in [1.29, 1.82) is 0 Å². The molecule has 0 aliphatic heterocycles. The molecule has 1 rings (SSSR count). The van der Waals surface area contributed by atoms with E-state index in [-0.39, 0.29) is 19.5 Å². The third-order valence-electron chi connectivity index (χ3n) is 2.50. The standard InChI is InChI=1S/C11H13Br2F3N2O2S/c1-6(2)18(5-11(14,15)16)21(19,20)10-8(12)3-7(17)4-9(10)13/h3-4,6H,5,17H2,1-2H3. The Bertz CT molecular complexity index is 610. The number of anilines is 1. The van der Waals surface area contributed by atoms with Gasteiger partial charge in [-0.25, -0.2) is 8.42 Å². The average molecular weight is 454 g/mol. The van der Waals surface area contributed by atoms with Gasteiger partial charge in [0.15, 0.2) is 0 Å². The number of hydrogen-bond acceptors (Lipinski definition) is 3. The van der Waals surface area contributed by atoms with Crippen LogP contribution in [0, 0.1) is 0 Å². The molecule has 0 saturated carbocycles. The Hall–Kier alpha value is -0.320. The summed E-state index contributed by atoms with van der Waals surface area (Å²) in [5, 5.41) is 0. The molecule has 21 heavy (non-hydrogen) atoms. The van der Waals surface area contributed by atoms with E-state index >= 15 is 0 Å². The number of nitrogens with two attached hydrogens (primary N) is 1. The van der Waals surface area contributed by atoms with E-state index in [0.29, 0.717) is 4.31 Å². The van der Waals surface area contributed by atoms with Gasteiger partial charge in [0, 0.05) is 20.7 Å². The SMILES string of the molecule is CC(C)N(CC(F)(F)F)S(=O)(=O)c1c(Br)cc(N)cc1Br. The van der Waals surface area contributed by atoms with Crippen molar-refractivity contribution >= 4 is 47.6 Å². The van der Waals surface area contributed by atoms with Crippen LogP contribution in [0.5, 0.6) is 0 Å². The van der Waals surface area contributed by atoms with Gasteiger partial charge in [0.25, 0.3) is 0 Å². The summed E-state index contributed by atoms with van der Waals surface area (Å²) in [5.41, 5.74) is 5.84. The molecule has 1 aromatic carbocycles. The van der Waals surface area contributed by atoms with E-state index in [0.717, 1.165) is 0 Å². The first kappa shape index (κ1) is 18.7. The molecule has 0 aliphatic rings. The zero-order chi connectivity index (χ0) is 16.6. The minimum Gasteiger partial charge on any atom is -0.399 e. The van der Waals surface area contributed by atoms with Crippen molar-refractivity contribution in [3.8, 4) is 0 Å². The highest BCUT2D eigenvalue weighted by atomic mass is 79.9. The van der Waals surface area contributed by atoms with Crippen LogP contribution in [0.25, 0.3) is 0 Å². The molecular weight excluding hydrogens is 441 g/mol. The lowest BCUT2D eigenvalue weighted by Gasteiger charge is -2.27. The second kappa shape index (κ2) is 6.43. The van der Waals surface area contributed by atoms with E-state index in [1.54, 1.807) is 0 Å². The summed E-state index contributed by atoms with van der Waals surface area (Å²) in [5.74, 6) is 0. The van der Waals surface area contributed by atoms with E-state index in [1.165, 1.54) is 26.0 Å². The van der Waals surface area contributed by atoms with Crippen LogP contribution in [-0.2, 0) is 10.0 Å². The highest BCUT2D eigenvalue weighted by molar-refractivity contribution is 9.11. The van der Waals surface area contributed by atoms with Crippen LogP contribution in [0.4, 0.5) is 18.9 Å². The van der Waals surface area contributed by atoms with Crippen molar-refractivity contribution in [2.45, 2.75) is 31.0 Å². The van der Waals surface area contributed by atoms with Gasteiger partial charge in [-0.2, -0.15) is 17.5 Å². The first-order valence-corrected chi connectivity index (χ1v) is 8.72. The Labute approximate surface area is 137 Å². The van der Waals surface area contributed by atoms with Crippen LogP contribution in [0.3, 0.4) is 0 Å². The molecule has 1 aromatic rings. The van der Waals surface area contributed by atoms with E-state index in [1.807, 2.05) is 0 Å². The van der Waals surface area contributed by atoms with Gasteiger partial charge in [0.1, 0.15) is 11.4 Å². The van der Waals surface area contributed by atoms with Gasteiger partial charge in [-0.1, -0.05) is 0 Å². The maximum atomic E-state index is 12.6. The predicted molar refractivity (Wildman–Crippen MR) is 81.3 cm³/mol. The Morgan fingerprint density at radius 2 is 1.67 bits per heavy atom. The van der Waals surface area contributed by atoms with E-state index < -0.39 is 28.8 Å². The Kier molecular flexibility index (Phi) is 5.73. The number of nitrogens with zero attached hydrogens (tertiary/aromatic N) is 1. The predicted octanol–water partition coefficient (Wildman–Crippen LogP) is 3.76. The summed E-state index contributed by atoms with van der Waals surface area (Å²) in [7, 11) is -4.35. The monoisotopic (exact) mass is 452 g/mol. The largest absolute Gasteiger partial charge is 0.402 e. The number of rotatable bonds is 4. The minimum atomic E-state index is -4.63. The van der Waals surface area contributed by atoms with Gasteiger partial charge < -0.3 is 5.73 Å². The van der Waals surface area contributed by atoms with Gasteiger partial charge in [-0.15, -0.1) is 0 Å². The summed E-state index contributed by atoms with van der Waals surface area (Å²) in [6.45, 7) is 1.20. The van der Waals surface area contributed by atoms with Crippen molar-refractivity contribution < 1.29 is 21.6 Å². The van der Waals surface area contributed by atoms with Crippen LogP contribution in [0.15, 0.2) is 26.0 Å². The molecule has 0 spiro atoms. The Balaban J connectivity index is 3.44. The fourth-order valence-electron chi connectivity index (χ4n) is 1.66. The summed E-state index contributed by atoms with van der Waals surface area (Å²) >= 11 is 6.07. The lowest BCUT2D eigenvalue weighted by atomic mass is 10.3. The van der Waals surface area contributed by atoms with E-state index in [2.05, 4.69) is 31.9 Å². The van der Waals surface area contributed by atoms with Gasteiger partial charge in [0.05, 0.1) is 0 Å². The fourth-order valence-corrected chi connectivity index (χ4v) is 5.83. The molecule has 4 nitrogen and oxygen atoms in total. The lowest BCUT2D eigenvalue weighted by molar-refractivity contribution is -0.138. The first-order chi connectivity index (χ1) is 9.36. The van der Waals surface area contributed by atoms with Crippen molar-refractivity contribution in [3.05, 3.63) is 21.1 Å². The van der Waals surface area contributed by atoms with E-state index in [4.69, 9.17) is 5.73 Å². The third-order valence-corrected chi connectivity index (χ3v) is 6.40. The maximum absolute atomic E-state index is 12.6. The number of benzene rings is 1. The summed E-state index contributed by atoms with van der Waals surface area (Å²) in [6, 6.07) is 1.79. The first-order valence-electron chi connectivity index (χ1n) is 5.69. The lowest BCUT2D eigenvalue weighted by Crippen LogP contribution is -2.43. The molecule has 120 valence electrons. The van der Waals surface area contributed by atoms with Crippen LogP contribution in [0.2, 0.25) is 0 Å². The highest BCUT2D eigenvalue weighted by Gasteiger charge is 2.39. The second-order valence-electron chi connectivity index (χ2n) is 4.57. The van der Waals surface area contributed by atoms with Gasteiger partial charge >= 0.3 is 6.18 Å². The zero-order valence-corrected chi connectivity index (χ0v) is 15.1. The second-order valence-corrected chi connectivity index (χ2v) is 8.11. The Morgan fingerprint density at radius 1 is 1.24 bits per heavy atom. The van der Waals surface area contributed by atoms with Crippen LogP contribution >= 0.6 is 31.9 Å². The number of hydrogen-bond donors (Lipinski definition) is 1. The quantitative estimate of drug-likeness (QED) is 0.706. The minimum absolute atomic E-state index is 0.0993. The third kappa shape index (κ3) is 4.57. The smallest absolute Gasteiger partial charge is 0.399 e. The molecule has 0 amide bonds. The highest BCUT2D eigenvalue weighted by Crippen LogP contribution is 2.36. The molecular formula is C11H13Br2F3N2O2S. The van der Waals surface area contributed by atoms with Crippen molar-refractivity contribution in [2.75, 3.05) is 12.3 Å². The molecule has 0 atom stereocenters. The van der Waals surface area contributed by atoms with Crippen molar-refractivity contribution in [2.24, 2.45) is 0 Å². The van der Waals surface area contributed by atoms with Crippen LogP contribution < -0.4 is 5.73 Å². The molecule has 2 N–H and O–H groups in total. The molecule has 0 saturated heterocycles. The van der Waals surface area contributed by atoms with Crippen molar-refractivity contribution in [3.63, 3.8) is 0 Å². The number of halogens is 5. The number of sulfonamides is 1. The summed E-state index contributed by atoms with van der Waals surface area (Å²) in [6.07, 6.45) is -4.63. The number of nitrogen functional groups attached to an aromatic ring is 1. The fraction of sp³-hybridized carbons (Fsp3) is 0.455. The normalized spacial score (nSPS) is 13.2. The van der Waals surface area contributed by atoms with Crippen molar-refractivity contribution in [1.82, 2.24) is 4.31 Å².